The molecule has 0 bridgehead atoms. The molecule has 30 heavy (non-hydrogen) atoms. The summed E-state index contributed by atoms with van der Waals surface area (Å²) >= 11 is 0. The summed E-state index contributed by atoms with van der Waals surface area (Å²) in [7, 11) is -4.02. The zero-order chi connectivity index (χ0) is 21.9. The van der Waals surface area contributed by atoms with Crippen molar-refractivity contribution >= 4 is 39.2 Å². The van der Waals surface area contributed by atoms with Gasteiger partial charge in [0.1, 0.15) is 0 Å². The minimum Gasteiger partial charge on any atom is -0.369 e. The Labute approximate surface area is 171 Å². The molecule has 2 heterocycles. The Morgan fingerprint density at radius 2 is 1.87 bits per heavy atom. The highest BCUT2D eigenvalue weighted by Gasteiger charge is 2.38. The number of sulfonamides is 1. The molecule has 0 spiro atoms. The van der Waals surface area contributed by atoms with E-state index in [0.717, 1.165) is 5.01 Å². The maximum atomic E-state index is 12.5. The Bertz CT molecular complexity index is 1170. The van der Waals surface area contributed by atoms with Gasteiger partial charge in [-0.05, 0) is 43.3 Å². The van der Waals surface area contributed by atoms with Crippen molar-refractivity contribution in [2.75, 3.05) is 0 Å². The summed E-state index contributed by atoms with van der Waals surface area (Å²) in [4.78, 5) is 28.7. The van der Waals surface area contributed by atoms with Crippen LogP contribution in [0.4, 0.5) is 5.69 Å². The van der Waals surface area contributed by atoms with Crippen LogP contribution in [0.1, 0.15) is 17.3 Å². The lowest BCUT2D eigenvalue weighted by molar-refractivity contribution is -0.127. The van der Waals surface area contributed by atoms with Crippen LogP contribution in [0.25, 0.3) is 0 Å². The second kappa shape index (κ2) is 8.16. The fraction of sp³-hybridized carbons (Fsp3) is 0.118. The molecule has 1 aromatic carbocycles. The number of hydrogen-bond acceptors (Lipinski definition) is 8. The molecule has 0 aliphatic carbocycles. The van der Waals surface area contributed by atoms with E-state index in [0.29, 0.717) is 0 Å². The van der Waals surface area contributed by atoms with Crippen molar-refractivity contribution in [2.24, 2.45) is 31.2 Å². The minimum atomic E-state index is -4.02. The van der Waals surface area contributed by atoms with Crippen molar-refractivity contribution in [1.82, 2.24) is 9.99 Å². The van der Waals surface area contributed by atoms with E-state index in [1.165, 1.54) is 42.7 Å². The molecule has 0 saturated carbocycles. The van der Waals surface area contributed by atoms with Gasteiger partial charge in [-0.2, -0.15) is 28.8 Å². The Kier molecular flexibility index (Phi) is 5.64. The molecule has 4 N–H and O–H groups in total. The second-order valence-corrected chi connectivity index (χ2v) is 7.65. The van der Waals surface area contributed by atoms with Crippen LogP contribution in [0.3, 0.4) is 0 Å². The first kappa shape index (κ1) is 20.7. The lowest BCUT2D eigenvalue weighted by atomic mass is 10.2. The van der Waals surface area contributed by atoms with Gasteiger partial charge < -0.3 is 11.5 Å². The molecular formula is C17H16N8O4S. The number of rotatable bonds is 5. The number of nitrogens with two attached hydrogens (primary N) is 2. The molecule has 2 aromatic rings. The SMILES string of the molecule is CC1=NN(C(=O)c2cccnc2)C(=O)C1N=Nc1ccc(S(=O)(=O)N=C(N)N)cc1. The van der Waals surface area contributed by atoms with Crippen molar-refractivity contribution in [3.05, 3.63) is 54.4 Å². The number of hydrazone groups is 1. The van der Waals surface area contributed by atoms with Crippen LogP contribution < -0.4 is 11.5 Å². The number of pyridine rings is 1. The Hall–Kier alpha value is -4.00. The molecule has 0 radical (unpaired) electrons. The normalized spacial score (nSPS) is 16.6. The van der Waals surface area contributed by atoms with Crippen molar-refractivity contribution in [2.45, 2.75) is 17.9 Å². The van der Waals surface area contributed by atoms with Crippen LogP contribution in [0.15, 0.2) is 73.4 Å². The zero-order valence-electron chi connectivity index (χ0n) is 15.6. The van der Waals surface area contributed by atoms with Crippen molar-refractivity contribution in [3.63, 3.8) is 0 Å². The van der Waals surface area contributed by atoms with E-state index in [2.05, 4.69) is 24.7 Å². The van der Waals surface area contributed by atoms with Gasteiger partial charge in [0.2, 0.25) is 5.96 Å². The second-order valence-electron chi connectivity index (χ2n) is 6.04. The molecule has 12 nitrogen and oxygen atoms in total. The standard InChI is InChI=1S/C17H16N8O4S/c1-10-14(16(27)25(23-10)15(26)11-3-2-8-20-9-11)22-21-12-4-6-13(7-5-12)30(28,29)24-17(18)19/h2-9,14H,1H3,(H4,18,19,24). The summed E-state index contributed by atoms with van der Waals surface area (Å²) in [6.45, 7) is 1.54. The summed E-state index contributed by atoms with van der Waals surface area (Å²) in [5.41, 5.74) is 11.0. The summed E-state index contributed by atoms with van der Waals surface area (Å²) < 4.78 is 27.0. The van der Waals surface area contributed by atoms with Gasteiger partial charge in [0, 0.05) is 12.4 Å². The molecule has 1 aliphatic rings. The van der Waals surface area contributed by atoms with Gasteiger partial charge in [-0.1, -0.05) is 0 Å². The monoisotopic (exact) mass is 428 g/mol. The number of nitrogens with zero attached hydrogens (tertiary/aromatic N) is 6. The predicted molar refractivity (Wildman–Crippen MR) is 106 cm³/mol. The van der Waals surface area contributed by atoms with Gasteiger partial charge in [0.15, 0.2) is 6.04 Å². The number of carbonyl (C=O) groups excluding carboxylic acids is 2. The van der Waals surface area contributed by atoms with Crippen LogP contribution in [-0.4, -0.2) is 47.9 Å². The van der Waals surface area contributed by atoms with Crippen LogP contribution in [0.2, 0.25) is 0 Å². The third-order valence-electron chi connectivity index (χ3n) is 3.85. The largest absolute Gasteiger partial charge is 0.369 e. The van der Waals surface area contributed by atoms with E-state index in [-0.39, 0.29) is 21.9 Å². The molecule has 0 saturated heterocycles. The van der Waals surface area contributed by atoms with Gasteiger partial charge >= 0.3 is 0 Å². The molecule has 13 heteroatoms. The molecule has 154 valence electrons. The number of guanidine groups is 1. The molecule has 1 unspecified atom stereocenters. The highest BCUT2D eigenvalue weighted by molar-refractivity contribution is 7.90. The number of hydrogen-bond donors (Lipinski definition) is 2. The topological polar surface area (TPSA) is 186 Å². The third kappa shape index (κ3) is 4.35. The smallest absolute Gasteiger partial charge is 0.285 e. The third-order valence-corrected chi connectivity index (χ3v) is 5.16. The summed E-state index contributed by atoms with van der Waals surface area (Å²) in [6.07, 6.45) is 2.83. The van der Waals surface area contributed by atoms with Gasteiger partial charge in [-0.15, -0.1) is 4.40 Å². The minimum absolute atomic E-state index is 0.141. The first-order chi connectivity index (χ1) is 14.2. The number of imide groups is 1. The average molecular weight is 428 g/mol. The number of aromatic nitrogens is 1. The van der Waals surface area contributed by atoms with Crippen molar-refractivity contribution < 1.29 is 18.0 Å². The fourth-order valence-electron chi connectivity index (χ4n) is 2.45. The number of amides is 2. The maximum Gasteiger partial charge on any atom is 0.285 e. The van der Waals surface area contributed by atoms with E-state index in [9.17, 15) is 18.0 Å². The molecule has 3 rings (SSSR count). The first-order valence-electron chi connectivity index (χ1n) is 8.39. The Morgan fingerprint density at radius 3 is 2.47 bits per heavy atom. The Morgan fingerprint density at radius 1 is 1.17 bits per heavy atom. The lowest BCUT2D eigenvalue weighted by Crippen LogP contribution is -2.34. The highest BCUT2D eigenvalue weighted by atomic mass is 32.2. The number of carbonyl (C=O) groups is 2. The maximum absolute atomic E-state index is 12.5. The summed E-state index contributed by atoms with van der Waals surface area (Å²) in [6, 6.07) is 7.22. The first-order valence-corrected chi connectivity index (χ1v) is 9.83. The van der Waals surface area contributed by atoms with Crippen molar-refractivity contribution in [3.8, 4) is 0 Å². The van der Waals surface area contributed by atoms with Crippen molar-refractivity contribution in [1.29, 1.82) is 0 Å². The van der Waals surface area contributed by atoms with Crippen LogP contribution in [0, 0.1) is 0 Å². The molecule has 1 aliphatic heterocycles. The zero-order valence-corrected chi connectivity index (χ0v) is 16.4. The van der Waals surface area contributed by atoms with Crippen LogP contribution in [-0.2, 0) is 14.8 Å². The molecule has 0 fully saturated rings. The molecule has 2 amide bonds. The molecule has 1 atom stereocenters. The molecule has 1 aromatic heterocycles. The molecular weight excluding hydrogens is 412 g/mol. The quantitative estimate of drug-likeness (QED) is 0.301. The van der Waals surface area contributed by atoms with Crippen LogP contribution >= 0.6 is 0 Å². The van der Waals surface area contributed by atoms with Gasteiger partial charge in [0.05, 0.1) is 21.9 Å². The Balaban J connectivity index is 1.75. The highest BCUT2D eigenvalue weighted by Crippen LogP contribution is 2.21. The van der Waals surface area contributed by atoms with Gasteiger partial charge in [-0.25, -0.2) is 0 Å². The summed E-state index contributed by atoms with van der Waals surface area (Å²) in [5.74, 6) is -1.87. The predicted octanol–water partition coefficient (Wildman–Crippen LogP) is 0.554. The van der Waals surface area contributed by atoms with Gasteiger partial charge in [0.25, 0.3) is 21.8 Å². The van der Waals surface area contributed by atoms with Crippen LogP contribution in [0.5, 0.6) is 0 Å². The van der Waals surface area contributed by atoms with Gasteiger partial charge in [-0.3, -0.25) is 14.6 Å². The van der Waals surface area contributed by atoms with E-state index in [1.54, 1.807) is 13.0 Å². The number of azo groups is 1. The summed E-state index contributed by atoms with van der Waals surface area (Å²) in [5, 5.41) is 12.6. The van der Waals surface area contributed by atoms with E-state index >= 15 is 0 Å². The number of benzene rings is 1. The average Bonchev–Trinajstić information content (AvgIpc) is 2.99. The fourth-order valence-corrected chi connectivity index (χ4v) is 3.31. The van der Waals surface area contributed by atoms with E-state index in [4.69, 9.17) is 11.5 Å². The van der Waals surface area contributed by atoms with E-state index < -0.39 is 33.8 Å². The lowest BCUT2D eigenvalue weighted by Gasteiger charge is -2.10. The van der Waals surface area contributed by atoms with E-state index in [1.807, 2.05) is 0 Å².